The van der Waals surface area contributed by atoms with E-state index in [-0.39, 0.29) is 5.54 Å². The van der Waals surface area contributed by atoms with Crippen molar-refractivity contribution in [2.75, 3.05) is 26.7 Å². The smallest absolute Gasteiger partial charge is 0.0718 e. The Balaban J connectivity index is 3.52. The van der Waals surface area contributed by atoms with Crippen molar-refractivity contribution < 1.29 is 5.11 Å². The van der Waals surface area contributed by atoms with Gasteiger partial charge in [0.15, 0.2) is 0 Å². The predicted octanol–water partition coefficient (Wildman–Crippen LogP) is 1.47. The Kier molecular flexibility index (Phi) is 5.78. The lowest BCUT2D eigenvalue weighted by molar-refractivity contribution is 0.0442. The second-order valence-corrected chi connectivity index (χ2v) is 6.08. The largest absolute Gasteiger partial charge is 0.389 e. The zero-order valence-electron chi connectivity index (χ0n) is 11.2. The Morgan fingerprint density at radius 1 is 1.13 bits per heavy atom. The highest BCUT2D eigenvalue weighted by Crippen LogP contribution is 2.03. The van der Waals surface area contributed by atoms with E-state index in [0.29, 0.717) is 0 Å². The monoisotopic (exact) mass is 216 g/mol. The van der Waals surface area contributed by atoms with Gasteiger partial charge in [0.05, 0.1) is 5.60 Å². The molecule has 3 nitrogen and oxygen atoms in total. The van der Waals surface area contributed by atoms with Crippen molar-refractivity contribution in [2.45, 2.75) is 52.2 Å². The zero-order valence-corrected chi connectivity index (χ0v) is 11.2. The average molecular weight is 216 g/mol. The van der Waals surface area contributed by atoms with Gasteiger partial charge in [0.2, 0.25) is 0 Å². The van der Waals surface area contributed by atoms with E-state index in [1.807, 2.05) is 13.8 Å². The van der Waals surface area contributed by atoms with Crippen LogP contribution in [0.2, 0.25) is 0 Å². The van der Waals surface area contributed by atoms with Gasteiger partial charge in [-0.2, -0.15) is 0 Å². The van der Waals surface area contributed by atoms with E-state index in [2.05, 4.69) is 38.0 Å². The first-order valence-corrected chi connectivity index (χ1v) is 5.76. The van der Waals surface area contributed by atoms with Crippen LogP contribution in [0.1, 0.15) is 41.0 Å². The maximum absolute atomic E-state index is 9.62. The second-order valence-electron chi connectivity index (χ2n) is 6.08. The summed E-state index contributed by atoms with van der Waals surface area (Å²) in [4.78, 5) is 2.17. The van der Waals surface area contributed by atoms with Crippen molar-refractivity contribution in [1.82, 2.24) is 10.2 Å². The Bertz CT molecular complexity index is 167. The molecule has 0 amide bonds. The van der Waals surface area contributed by atoms with Gasteiger partial charge in [-0.3, -0.25) is 0 Å². The number of rotatable bonds is 6. The summed E-state index contributed by atoms with van der Waals surface area (Å²) in [5.41, 5.74) is -0.388. The molecule has 0 aromatic carbocycles. The van der Waals surface area contributed by atoms with Gasteiger partial charge < -0.3 is 15.3 Å². The Hall–Kier alpha value is -0.120. The molecule has 0 aliphatic carbocycles. The molecule has 2 N–H and O–H groups in total. The minimum atomic E-state index is -0.591. The Morgan fingerprint density at radius 3 is 2.07 bits per heavy atom. The van der Waals surface area contributed by atoms with Crippen LogP contribution in [0.15, 0.2) is 0 Å². The highest BCUT2D eigenvalue weighted by molar-refractivity contribution is 4.72. The van der Waals surface area contributed by atoms with Crippen LogP contribution in [0.5, 0.6) is 0 Å². The molecule has 0 aliphatic heterocycles. The lowest BCUT2D eigenvalue weighted by atomic mass is 10.1. The summed E-state index contributed by atoms with van der Waals surface area (Å²) in [7, 11) is 2.05. The van der Waals surface area contributed by atoms with Crippen LogP contribution in [0, 0.1) is 0 Å². The van der Waals surface area contributed by atoms with Gasteiger partial charge in [-0.25, -0.2) is 0 Å². The van der Waals surface area contributed by atoms with Crippen molar-refractivity contribution in [3.63, 3.8) is 0 Å². The zero-order chi connectivity index (χ0) is 12.1. The number of aliphatic hydroxyl groups is 1. The van der Waals surface area contributed by atoms with E-state index >= 15 is 0 Å². The molecule has 0 fully saturated rings. The van der Waals surface area contributed by atoms with Gasteiger partial charge in [-0.15, -0.1) is 0 Å². The molecule has 0 aromatic rings. The Labute approximate surface area is 94.9 Å². The van der Waals surface area contributed by atoms with Crippen molar-refractivity contribution in [3.05, 3.63) is 0 Å². The van der Waals surface area contributed by atoms with Gasteiger partial charge in [-0.1, -0.05) is 0 Å². The van der Waals surface area contributed by atoms with Crippen LogP contribution >= 0.6 is 0 Å². The summed E-state index contributed by atoms with van der Waals surface area (Å²) < 4.78 is 0. The van der Waals surface area contributed by atoms with Crippen LogP contribution in [-0.2, 0) is 0 Å². The van der Waals surface area contributed by atoms with Crippen LogP contribution in [0.25, 0.3) is 0 Å². The standard InChI is InChI=1S/C12H28N2O/c1-11(2,3)13-8-7-9-14(6)10-12(4,5)15/h13,15H,7-10H2,1-6H3. The third-order valence-corrected chi connectivity index (χ3v) is 2.03. The summed E-state index contributed by atoms with van der Waals surface area (Å²) in [6, 6.07) is 0. The first-order chi connectivity index (χ1) is 6.60. The van der Waals surface area contributed by atoms with Crippen molar-refractivity contribution in [3.8, 4) is 0 Å². The predicted molar refractivity (Wildman–Crippen MR) is 66.2 cm³/mol. The average Bonchev–Trinajstić information content (AvgIpc) is 1.92. The lowest BCUT2D eigenvalue weighted by Crippen LogP contribution is -2.40. The minimum absolute atomic E-state index is 0.203. The fourth-order valence-corrected chi connectivity index (χ4v) is 1.55. The maximum Gasteiger partial charge on any atom is 0.0718 e. The van der Waals surface area contributed by atoms with Crippen LogP contribution in [0.3, 0.4) is 0 Å². The highest BCUT2D eigenvalue weighted by atomic mass is 16.3. The fraction of sp³-hybridized carbons (Fsp3) is 1.00. The molecule has 0 aromatic heterocycles. The number of likely N-dealkylation sites (N-methyl/N-ethyl adjacent to an activating group) is 1. The molecule has 15 heavy (non-hydrogen) atoms. The summed E-state index contributed by atoms with van der Waals surface area (Å²) in [5.74, 6) is 0. The minimum Gasteiger partial charge on any atom is -0.389 e. The molecule has 3 heteroatoms. The molecule has 0 rings (SSSR count). The van der Waals surface area contributed by atoms with E-state index in [1.54, 1.807) is 0 Å². The topological polar surface area (TPSA) is 35.5 Å². The molecule has 0 radical (unpaired) electrons. The molecular weight excluding hydrogens is 188 g/mol. The molecule has 0 saturated carbocycles. The van der Waals surface area contributed by atoms with Crippen LogP contribution in [-0.4, -0.2) is 47.8 Å². The van der Waals surface area contributed by atoms with Gasteiger partial charge in [0.25, 0.3) is 0 Å². The molecule has 0 unspecified atom stereocenters. The second kappa shape index (κ2) is 5.83. The van der Waals surface area contributed by atoms with Gasteiger partial charge in [0, 0.05) is 12.1 Å². The number of hydrogen-bond acceptors (Lipinski definition) is 3. The summed E-state index contributed by atoms with van der Waals surface area (Å²) in [5, 5.41) is 13.1. The van der Waals surface area contributed by atoms with Crippen LogP contribution < -0.4 is 5.32 Å². The normalized spacial score (nSPS) is 13.6. The fourth-order valence-electron chi connectivity index (χ4n) is 1.55. The van der Waals surface area contributed by atoms with Crippen molar-refractivity contribution in [2.24, 2.45) is 0 Å². The van der Waals surface area contributed by atoms with Crippen molar-refractivity contribution >= 4 is 0 Å². The molecule has 0 bridgehead atoms. The van der Waals surface area contributed by atoms with E-state index in [9.17, 15) is 5.11 Å². The number of nitrogens with zero attached hydrogens (tertiary/aromatic N) is 1. The van der Waals surface area contributed by atoms with E-state index in [4.69, 9.17) is 0 Å². The first-order valence-electron chi connectivity index (χ1n) is 5.76. The van der Waals surface area contributed by atoms with Crippen LogP contribution in [0.4, 0.5) is 0 Å². The third-order valence-electron chi connectivity index (χ3n) is 2.03. The first kappa shape index (κ1) is 14.9. The molecule has 92 valence electrons. The maximum atomic E-state index is 9.62. The summed E-state index contributed by atoms with van der Waals surface area (Å²) >= 11 is 0. The van der Waals surface area contributed by atoms with E-state index in [0.717, 1.165) is 26.1 Å². The van der Waals surface area contributed by atoms with E-state index < -0.39 is 5.60 Å². The molecule has 0 atom stereocenters. The summed E-state index contributed by atoms with van der Waals surface area (Å²) in [6.07, 6.45) is 1.11. The molecule has 0 aliphatic rings. The molecule has 0 spiro atoms. The quantitative estimate of drug-likeness (QED) is 0.660. The highest BCUT2D eigenvalue weighted by Gasteiger charge is 2.15. The number of nitrogens with one attached hydrogen (secondary N) is 1. The third kappa shape index (κ3) is 11.8. The Morgan fingerprint density at radius 2 is 1.67 bits per heavy atom. The van der Waals surface area contributed by atoms with E-state index in [1.165, 1.54) is 0 Å². The molecule has 0 saturated heterocycles. The SMILES string of the molecule is CN(CCCNC(C)(C)C)CC(C)(C)O. The summed E-state index contributed by atoms with van der Waals surface area (Å²) in [6.45, 7) is 13.0. The van der Waals surface area contributed by atoms with Gasteiger partial charge in [0.1, 0.15) is 0 Å². The van der Waals surface area contributed by atoms with Gasteiger partial charge >= 0.3 is 0 Å². The van der Waals surface area contributed by atoms with Crippen molar-refractivity contribution in [1.29, 1.82) is 0 Å². The lowest BCUT2D eigenvalue weighted by Gasteiger charge is -2.26. The van der Waals surface area contributed by atoms with Gasteiger partial charge in [-0.05, 0) is 61.2 Å². The number of hydrogen-bond donors (Lipinski definition) is 2. The molecule has 0 heterocycles. The molecular formula is C12H28N2O.